The van der Waals surface area contributed by atoms with Crippen molar-refractivity contribution in [3.63, 3.8) is 0 Å². The third-order valence-corrected chi connectivity index (χ3v) is 7.21. The molecule has 0 saturated heterocycles. The van der Waals surface area contributed by atoms with Gasteiger partial charge in [0.15, 0.2) is 7.14 Å². The van der Waals surface area contributed by atoms with Gasteiger partial charge in [-0.05, 0) is 5.92 Å². The fraction of sp³-hybridized carbons (Fsp3) is 0.235. The van der Waals surface area contributed by atoms with Crippen molar-refractivity contribution in [2.24, 2.45) is 5.92 Å². The molecule has 0 N–H and O–H groups in total. The Hall–Kier alpha value is -1.66. The van der Waals surface area contributed by atoms with Gasteiger partial charge in [0.05, 0.1) is 5.66 Å². The Balaban J connectivity index is 2.67. The van der Waals surface area contributed by atoms with E-state index in [1.807, 2.05) is 74.5 Å². The largest absolute Gasteiger partial charge is 0.313 e. The first kappa shape index (κ1) is 14.7. The van der Waals surface area contributed by atoms with E-state index in [0.29, 0.717) is 0 Å². The van der Waals surface area contributed by atoms with Gasteiger partial charge in [-0.15, -0.1) is 0 Å². The van der Waals surface area contributed by atoms with Crippen LogP contribution in [0.4, 0.5) is 0 Å². The minimum atomic E-state index is -2.96. The molecular formula is C17H19O2P. The molecule has 0 aliphatic rings. The average molecular weight is 286 g/mol. The van der Waals surface area contributed by atoms with Crippen molar-refractivity contribution in [2.75, 3.05) is 0 Å². The van der Waals surface area contributed by atoms with Gasteiger partial charge in [-0.25, -0.2) is 0 Å². The normalized spacial score (nSPS) is 13.2. The van der Waals surface area contributed by atoms with Crippen molar-refractivity contribution < 1.29 is 9.36 Å². The molecule has 104 valence electrons. The Morgan fingerprint density at radius 3 is 1.55 bits per heavy atom. The summed E-state index contributed by atoms with van der Waals surface area (Å²) in [4.78, 5) is 11.6. The molecule has 0 aliphatic heterocycles. The van der Waals surface area contributed by atoms with Gasteiger partial charge in [0.1, 0.15) is 6.29 Å². The van der Waals surface area contributed by atoms with E-state index in [1.165, 1.54) is 0 Å². The quantitative estimate of drug-likeness (QED) is 0.624. The Morgan fingerprint density at radius 1 is 0.850 bits per heavy atom. The zero-order chi connectivity index (χ0) is 14.6. The summed E-state index contributed by atoms with van der Waals surface area (Å²) in [5.41, 5.74) is -0.493. The van der Waals surface area contributed by atoms with Crippen LogP contribution >= 0.6 is 7.14 Å². The van der Waals surface area contributed by atoms with Crippen molar-refractivity contribution in [1.82, 2.24) is 0 Å². The van der Waals surface area contributed by atoms with Crippen molar-refractivity contribution >= 4 is 24.0 Å². The second-order valence-corrected chi connectivity index (χ2v) is 8.14. The summed E-state index contributed by atoms with van der Waals surface area (Å²) in [6.45, 7) is 3.88. The highest BCUT2D eigenvalue weighted by Crippen LogP contribution is 2.50. The van der Waals surface area contributed by atoms with E-state index >= 15 is 0 Å². The van der Waals surface area contributed by atoms with Crippen molar-refractivity contribution in [3.05, 3.63) is 60.7 Å². The highest BCUT2D eigenvalue weighted by atomic mass is 31.2. The summed E-state index contributed by atoms with van der Waals surface area (Å²) in [5, 5.41) is 1.49. The van der Waals surface area contributed by atoms with E-state index in [9.17, 15) is 9.36 Å². The molecule has 0 unspecified atom stereocenters. The molecule has 0 fully saturated rings. The fourth-order valence-corrected chi connectivity index (χ4v) is 5.68. The van der Waals surface area contributed by atoms with E-state index in [-0.39, 0.29) is 5.92 Å². The zero-order valence-corrected chi connectivity index (χ0v) is 12.7. The summed E-state index contributed by atoms with van der Waals surface area (Å²) in [5.74, 6) is 0.0266. The lowest BCUT2D eigenvalue weighted by Crippen LogP contribution is -2.30. The number of hydrogen-bond donors (Lipinski definition) is 0. The maximum atomic E-state index is 13.8. The third-order valence-electron chi connectivity index (χ3n) is 3.52. The second-order valence-electron chi connectivity index (χ2n) is 5.20. The number of carbonyl (C=O) groups is 1. The summed E-state index contributed by atoms with van der Waals surface area (Å²) in [7, 11) is -2.96. The Morgan fingerprint density at radius 2 is 1.25 bits per heavy atom. The first-order chi connectivity index (χ1) is 9.60. The highest BCUT2D eigenvalue weighted by Gasteiger charge is 2.38. The first-order valence-corrected chi connectivity index (χ1v) is 8.54. The minimum absolute atomic E-state index is 0.0266. The van der Waals surface area contributed by atoms with Crippen molar-refractivity contribution in [1.29, 1.82) is 0 Å². The van der Waals surface area contributed by atoms with Crippen LogP contribution in [0.3, 0.4) is 0 Å². The molecule has 0 aliphatic carbocycles. The van der Waals surface area contributed by atoms with Gasteiger partial charge < -0.3 is 9.36 Å². The highest BCUT2D eigenvalue weighted by molar-refractivity contribution is 7.80. The van der Waals surface area contributed by atoms with Crippen LogP contribution < -0.4 is 10.6 Å². The molecular weight excluding hydrogens is 267 g/mol. The first-order valence-electron chi connectivity index (χ1n) is 6.77. The zero-order valence-electron chi connectivity index (χ0n) is 11.8. The lowest BCUT2D eigenvalue weighted by atomic mass is 10.1. The van der Waals surface area contributed by atoms with Crippen LogP contribution in [-0.2, 0) is 9.36 Å². The van der Waals surface area contributed by atoms with Gasteiger partial charge in [-0.2, -0.15) is 0 Å². The molecule has 3 heteroatoms. The molecule has 2 aromatic carbocycles. The molecule has 1 atom stereocenters. The maximum absolute atomic E-state index is 13.8. The van der Waals surface area contributed by atoms with E-state index < -0.39 is 12.8 Å². The Labute approximate surface area is 120 Å². The van der Waals surface area contributed by atoms with Crippen LogP contribution in [0, 0.1) is 5.92 Å². The standard InChI is InChI=1S/C17H19O2P/c1-14(2)17(13-18)20(19,15-9-5-3-6-10-15)16-11-7-4-8-12-16/h3-14,17H,1-2H3/t17-/m1/s1. The van der Waals surface area contributed by atoms with Crippen LogP contribution in [-0.4, -0.2) is 11.9 Å². The number of rotatable bonds is 5. The van der Waals surface area contributed by atoms with Gasteiger partial charge in [-0.1, -0.05) is 74.5 Å². The molecule has 20 heavy (non-hydrogen) atoms. The average Bonchev–Trinajstić information content (AvgIpc) is 2.49. The summed E-state index contributed by atoms with van der Waals surface area (Å²) < 4.78 is 13.8. The summed E-state index contributed by atoms with van der Waals surface area (Å²) in [6, 6.07) is 18.7. The van der Waals surface area contributed by atoms with E-state index in [1.54, 1.807) is 0 Å². The van der Waals surface area contributed by atoms with Gasteiger partial charge in [0.25, 0.3) is 0 Å². The molecule has 2 aromatic rings. The van der Waals surface area contributed by atoms with Crippen LogP contribution in [0.15, 0.2) is 60.7 Å². The molecule has 0 heterocycles. The second kappa shape index (κ2) is 6.19. The van der Waals surface area contributed by atoms with E-state index in [2.05, 4.69) is 0 Å². The monoisotopic (exact) mass is 286 g/mol. The van der Waals surface area contributed by atoms with Crippen LogP contribution in [0.25, 0.3) is 0 Å². The Kier molecular flexibility index (Phi) is 4.57. The number of aldehydes is 1. The smallest absolute Gasteiger partial charge is 0.153 e. The predicted molar refractivity (Wildman–Crippen MR) is 84.4 cm³/mol. The maximum Gasteiger partial charge on any atom is 0.153 e. The molecule has 0 aromatic heterocycles. The van der Waals surface area contributed by atoms with Gasteiger partial charge >= 0.3 is 0 Å². The number of carbonyl (C=O) groups excluding carboxylic acids is 1. The molecule has 2 nitrogen and oxygen atoms in total. The van der Waals surface area contributed by atoms with Crippen LogP contribution in [0.1, 0.15) is 13.8 Å². The summed E-state index contributed by atoms with van der Waals surface area (Å²) >= 11 is 0. The van der Waals surface area contributed by atoms with Crippen molar-refractivity contribution in [2.45, 2.75) is 19.5 Å². The predicted octanol–water partition coefficient (Wildman–Crippen LogP) is 3.22. The Bertz CT molecular complexity index is 562. The summed E-state index contributed by atoms with van der Waals surface area (Å²) in [6.07, 6.45) is 0.853. The van der Waals surface area contributed by atoms with Crippen LogP contribution in [0.2, 0.25) is 0 Å². The number of hydrogen-bond acceptors (Lipinski definition) is 2. The molecule has 0 bridgehead atoms. The van der Waals surface area contributed by atoms with E-state index in [0.717, 1.165) is 16.9 Å². The molecule has 0 spiro atoms. The topological polar surface area (TPSA) is 34.1 Å². The van der Waals surface area contributed by atoms with Gasteiger partial charge in [0.2, 0.25) is 0 Å². The fourth-order valence-electron chi connectivity index (χ4n) is 2.45. The number of benzene rings is 2. The van der Waals surface area contributed by atoms with Gasteiger partial charge in [-0.3, -0.25) is 0 Å². The lowest BCUT2D eigenvalue weighted by Gasteiger charge is -2.27. The van der Waals surface area contributed by atoms with E-state index in [4.69, 9.17) is 0 Å². The molecule has 0 radical (unpaired) electrons. The molecule has 2 rings (SSSR count). The lowest BCUT2D eigenvalue weighted by molar-refractivity contribution is -0.108. The SMILES string of the molecule is CC(C)[C@@H](C=O)P(=O)(c1ccccc1)c1ccccc1. The van der Waals surface area contributed by atoms with Gasteiger partial charge in [0, 0.05) is 10.6 Å². The molecule has 0 saturated carbocycles. The molecule has 0 amide bonds. The third kappa shape index (κ3) is 2.62. The van der Waals surface area contributed by atoms with Crippen LogP contribution in [0.5, 0.6) is 0 Å². The van der Waals surface area contributed by atoms with Crippen molar-refractivity contribution in [3.8, 4) is 0 Å². The minimum Gasteiger partial charge on any atom is -0.313 e.